The molecule has 0 amide bonds. The van der Waals surface area contributed by atoms with E-state index in [1.807, 2.05) is 0 Å². The molecule has 3 aromatic rings. The van der Waals surface area contributed by atoms with Crippen LogP contribution in [-0.4, -0.2) is 18.0 Å². The topological polar surface area (TPSA) is 64.0 Å². The Labute approximate surface area is 151 Å². The normalized spacial score (nSPS) is 11.5. The zero-order chi connectivity index (χ0) is 18.2. The average molecular weight is 404 g/mol. The van der Waals surface area contributed by atoms with Gasteiger partial charge >= 0.3 is 0 Å². The van der Waals surface area contributed by atoms with Crippen molar-refractivity contribution in [1.82, 2.24) is 9.55 Å². The van der Waals surface area contributed by atoms with Crippen molar-refractivity contribution in [3.8, 4) is 5.69 Å². The van der Waals surface area contributed by atoms with E-state index < -0.39 is 26.6 Å². The van der Waals surface area contributed by atoms with Crippen LogP contribution in [0.2, 0.25) is 10.3 Å². The van der Waals surface area contributed by atoms with Gasteiger partial charge in [0.05, 0.1) is 0 Å². The third kappa shape index (κ3) is 3.60. The zero-order valence-corrected chi connectivity index (χ0v) is 14.6. The Morgan fingerprint density at radius 2 is 1.72 bits per heavy atom. The summed E-state index contributed by atoms with van der Waals surface area (Å²) in [6, 6.07) is 8.28. The molecule has 2 aromatic carbocycles. The molecule has 130 valence electrons. The first-order valence-corrected chi connectivity index (χ1v) is 8.98. The monoisotopic (exact) mass is 403 g/mol. The number of imidazole rings is 1. The molecule has 25 heavy (non-hydrogen) atoms. The third-order valence-electron chi connectivity index (χ3n) is 3.25. The highest BCUT2D eigenvalue weighted by Crippen LogP contribution is 2.25. The summed E-state index contributed by atoms with van der Waals surface area (Å²) in [5.74, 6) is -2.04. The van der Waals surface area contributed by atoms with Crippen molar-refractivity contribution >= 4 is 38.9 Å². The lowest BCUT2D eigenvalue weighted by atomic mass is 10.3. The van der Waals surface area contributed by atoms with Gasteiger partial charge in [0.2, 0.25) is 0 Å². The summed E-state index contributed by atoms with van der Waals surface area (Å²) in [7, 11) is -4.20. The maximum absolute atomic E-state index is 13.7. The van der Waals surface area contributed by atoms with Crippen molar-refractivity contribution in [1.29, 1.82) is 0 Å². The second kappa shape index (κ2) is 6.62. The van der Waals surface area contributed by atoms with Crippen LogP contribution in [0.4, 0.5) is 14.5 Å². The van der Waals surface area contributed by atoms with E-state index >= 15 is 0 Å². The Hall–Kier alpha value is -2.16. The van der Waals surface area contributed by atoms with Crippen molar-refractivity contribution in [2.24, 2.45) is 0 Å². The fourth-order valence-corrected chi connectivity index (χ4v) is 3.53. The number of hydrogen-bond acceptors (Lipinski definition) is 3. The molecule has 0 fully saturated rings. The van der Waals surface area contributed by atoms with Gasteiger partial charge < -0.3 is 0 Å². The average Bonchev–Trinajstić information content (AvgIpc) is 2.87. The second-order valence-electron chi connectivity index (χ2n) is 4.92. The molecular weight excluding hydrogens is 395 g/mol. The molecule has 1 heterocycles. The van der Waals surface area contributed by atoms with Gasteiger partial charge in [-0.05, 0) is 36.4 Å². The lowest BCUT2D eigenvalue weighted by Gasteiger charge is -2.10. The number of hydrogen-bond donors (Lipinski definition) is 1. The van der Waals surface area contributed by atoms with E-state index in [1.165, 1.54) is 23.0 Å². The minimum atomic E-state index is -4.20. The SMILES string of the molecule is O=S(=O)(Nc1ccc(-n2cnc(Cl)c2Cl)cc1)c1ccc(F)cc1F. The molecule has 10 heteroatoms. The number of aromatic nitrogens is 2. The van der Waals surface area contributed by atoms with Crippen LogP contribution in [0.3, 0.4) is 0 Å². The highest BCUT2D eigenvalue weighted by atomic mass is 35.5. The van der Waals surface area contributed by atoms with E-state index in [2.05, 4.69) is 9.71 Å². The van der Waals surface area contributed by atoms with Crippen LogP contribution in [0.1, 0.15) is 0 Å². The molecule has 0 radical (unpaired) electrons. The van der Waals surface area contributed by atoms with Crippen LogP contribution >= 0.6 is 23.2 Å². The first-order valence-electron chi connectivity index (χ1n) is 6.74. The smallest absolute Gasteiger partial charge is 0.264 e. The highest BCUT2D eigenvalue weighted by Gasteiger charge is 2.19. The molecule has 0 aliphatic rings. The van der Waals surface area contributed by atoms with Gasteiger partial charge in [0.15, 0.2) is 10.3 Å². The molecule has 3 rings (SSSR count). The van der Waals surface area contributed by atoms with E-state index in [0.717, 1.165) is 12.1 Å². The van der Waals surface area contributed by atoms with Crippen LogP contribution < -0.4 is 4.72 Å². The number of sulfonamides is 1. The molecule has 0 saturated heterocycles. The maximum Gasteiger partial charge on any atom is 0.264 e. The van der Waals surface area contributed by atoms with Crippen LogP contribution in [0, 0.1) is 11.6 Å². The molecule has 5 nitrogen and oxygen atoms in total. The largest absolute Gasteiger partial charge is 0.288 e. The van der Waals surface area contributed by atoms with Crippen molar-refractivity contribution in [2.75, 3.05) is 4.72 Å². The minimum Gasteiger partial charge on any atom is -0.288 e. The molecule has 1 N–H and O–H groups in total. The first-order chi connectivity index (χ1) is 11.8. The van der Waals surface area contributed by atoms with Gasteiger partial charge in [-0.15, -0.1) is 0 Å². The molecule has 0 aliphatic carbocycles. The summed E-state index contributed by atoms with van der Waals surface area (Å²) in [5, 5.41) is 0.349. The van der Waals surface area contributed by atoms with Gasteiger partial charge in [-0.2, -0.15) is 0 Å². The summed E-state index contributed by atoms with van der Waals surface area (Å²) in [6.07, 6.45) is 1.41. The molecule has 0 saturated carbocycles. The summed E-state index contributed by atoms with van der Waals surface area (Å²) in [4.78, 5) is 3.19. The first kappa shape index (κ1) is 17.7. The van der Waals surface area contributed by atoms with Gasteiger partial charge in [-0.25, -0.2) is 22.2 Å². The number of nitrogens with one attached hydrogen (secondary N) is 1. The van der Waals surface area contributed by atoms with Crippen molar-refractivity contribution in [3.63, 3.8) is 0 Å². The summed E-state index contributed by atoms with van der Waals surface area (Å²) >= 11 is 11.8. The maximum atomic E-state index is 13.7. The molecular formula is C15H9Cl2F2N3O2S. The molecule has 0 aliphatic heterocycles. The fraction of sp³-hybridized carbons (Fsp3) is 0. The number of anilines is 1. The Morgan fingerprint density at radius 1 is 1.04 bits per heavy atom. The lowest BCUT2D eigenvalue weighted by molar-refractivity contribution is 0.551. The number of benzene rings is 2. The Balaban J connectivity index is 1.87. The van der Waals surface area contributed by atoms with Crippen LogP contribution in [0.5, 0.6) is 0 Å². The van der Waals surface area contributed by atoms with Crippen molar-refractivity contribution in [3.05, 3.63) is 70.7 Å². The zero-order valence-electron chi connectivity index (χ0n) is 12.2. The summed E-state index contributed by atoms with van der Waals surface area (Å²) < 4.78 is 54.8. The second-order valence-corrected chi connectivity index (χ2v) is 7.29. The minimum absolute atomic E-state index is 0.137. The van der Waals surface area contributed by atoms with Crippen LogP contribution in [0.15, 0.2) is 53.7 Å². The Bertz CT molecular complexity index is 1040. The van der Waals surface area contributed by atoms with Gasteiger partial charge in [0, 0.05) is 17.4 Å². The van der Waals surface area contributed by atoms with E-state index in [-0.39, 0.29) is 16.0 Å². The third-order valence-corrected chi connectivity index (χ3v) is 5.40. The quantitative estimate of drug-likeness (QED) is 0.707. The molecule has 0 bridgehead atoms. The van der Waals surface area contributed by atoms with Gasteiger partial charge in [0.25, 0.3) is 10.0 Å². The van der Waals surface area contributed by atoms with Crippen molar-refractivity contribution in [2.45, 2.75) is 4.90 Å². The highest BCUT2D eigenvalue weighted by molar-refractivity contribution is 7.92. The van der Waals surface area contributed by atoms with Crippen LogP contribution in [0.25, 0.3) is 5.69 Å². The summed E-state index contributed by atoms with van der Waals surface area (Å²) in [6.45, 7) is 0. The predicted molar refractivity (Wildman–Crippen MR) is 90.8 cm³/mol. The Kier molecular flexibility index (Phi) is 4.68. The molecule has 0 unspecified atom stereocenters. The predicted octanol–water partition coefficient (Wildman–Crippen LogP) is 4.26. The number of rotatable bonds is 4. The van der Waals surface area contributed by atoms with Gasteiger partial charge in [0.1, 0.15) is 22.9 Å². The standard InChI is InChI=1S/C15H9Cl2F2N3O2S/c16-14-15(17)22(8-20-14)11-4-2-10(3-5-11)21-25(23,24)13-6-1-9(18)7-12(13)19/h1-8,21H. The number of halogens is 4. The molecule has 0 atom stereocenters. The van der Waals surface area contributed by atoms with Gasteiger partial charge in [-0.3, -0.25) is 9.29 Å². The van der Waals surface area contributed by atoms with E-state index in [9.17, 15) is 17.2 Å². The van der Waals surface area contributed by atoms with E-state index in [0.29, 0.717) is 11.8 Å². The lowest BCUT2D eigenvalue weighted by Crippen LogP contribution is -2.14. The number of nitrogens with zero attached hydrogens (tertiary/aromatic N) is 2. The molecule has 0 spiro atoms. The molecule has 1 aromatic heterocycles. The van der Waals surface area contributed by atoms with E-state index in [4.69, 9.17) is 23.2 Å². The van der Waals surface area contributed by atoms with Gasteiger partial charge in [-0.1, -0.05) is 23.2 Å². The van der Waals surface area contributed by atoms with Crippen LogP contribution in [-0.2, 0) is 10.0 Å². The van der Waals surface area contributed by atoms with Crippen molar-refractivity contribution < 1.29 is 17.2 Å². The Morgan fingerprint density at radius 3 is 2.28 bits per heavy atom. The fourth-order valence-electron chi connectivity index (χ4n) is 2.09. The van der Waals surface area contributed by atoms with E-state index in [1.54, 1.807) is 12.1 Å². The summed E-state index contributed by atoms with van der Waals surface area (Å²) in [5.41, 5.74) is 0.787.